The Morgan fingerprint density at radius 2 is 1.55 bits per heavy atom. The molecule has 4 N–H and O–H groups in total. The molecule has 22 heavy (non-hydrogen) atoms. The van der Waals surface area contributed by atoms with Crippen LogP contribution in [-0.2, 0) is 0 Å². The minimum atomic E-state index is -0.326. The van der Waals surface area contributed by atoms with Crippen molar-refractivity contribution in [2.45, 2.75) is 12.8 Å². The second-order valence-corrected chi connectivity index (χ2v) is 6.12. The zero-order valence-electron chi connectivity index (χ0n) is 11.7. The fraction of sp³-hybridized carbons (Fsp3) is 0.176. The van der Waals surface area contributed by atoms with E-state index in [2.05, 4.69) is 11.8 Å². The number of nitrogen functional groups attached to an aromatic ring is 2. The van der Waals surface area contributed by atoms with Crippen molar-refractivity contribution in [1.82, 2.24) is 0 Å². The van der Waals surface area contributed by atoms with E-state index in [0.717, 1.165) is 12.8 Å². The van der Waals surface area contributed by atoms with E-state index in [1.807, 2.05) is 22.6 Å². The second kappa shape index (κ2) is 7.45. The van der Waals surface area contributed by atoms with Crippen LogP contribution in [0, 0.1) is 33.0 Å². The number of hydrogen-bond donors (Lipinski definition) is 2. The molecule has 1 saturated carbocycles. The molecule has 2 aromatic carbocycles. The summed E-state index contributed by atoms with van der Waals surface area (Å²) in [5, 5.41) is 0. The molecular weight excluding hydrogens is 397 g/mol. The van der Waals surface area contributed by atoms with E-state index in [9.17, 15) is 8.78 Å². The van der Waals surface area contributed by atoms with Crippen molar-refractivity contribution in [3.05, 3.63) is 57.2 Å². The van der Waals surface area contributed by atoms with Gasteiger partial charge in [-0.2, -0.15) is 0 Å². The minimum absolute atomic E-state index is 0.254. The van der Waals surface area contributed by atoms with Gasteiger partial charge in [0.05, 0.1) is 5.56 Å². The normalized spacial score (nSPS) is 12.7. The molecule has 0 atom stereocenters. The number of anilines is 2. The predicted octanol–water partition coefficient (Wildman–Crippen LogP) is 4.18. The maximum atomic E-state index is 13.1. The van der Waals surface area contributed by atoms with E-state index < -0.39 is 0 Å². The van der Waals surface area contributed by atoms with Crippen LogP contribution in [0.3, 0.4) is 0 Å². The lowest BCUT2D eigenvalue weighted by Gasteiger charge is -1.95. The molecule has 0 heterocycles. The molecule has 2 nitrogen and oxygen atoms in total. The van der Waals surface area contributed by atoms with E-state index in [0.29, 0.717) is 26.4 Å². The highest BCUT2D eigenvalue weighted by Crippen LogP contribution is 2.27. The van der Waals surface area contributed by atoms with Crippen molar-refractivity contribution < 1.29 is 8.78 Å². The minimum Gasteiger partial charge on any atom is -0.399 e. The molecule has 5 heteroatoms. The summed E-state index contributed by atoms with van der Waals surface area (Å²) in [7, 11) is 0. The van der Waals surface area contributed by atoms with E-state index in [1.165, 1.54) is 12.1 Å². The highest BCUT2D eigenvalue weighted by molar-refractivity contribution is 14.1. The van der Waals surface area contributed by atoms with Crippen molar-refractivity contribution in [3.63, 3.8) is 0 Å². The second-order valence-electron chi connectivity index (χ2n) is 4.96. The van der Waals surface area contributed by atoms with Gasteiger partial charge in [-0.15, -0.1) is 0 Å². The Balaban J connectivity index is 0.000000172. The van der Waals surface area contributed by atoms with Crippen LogP contribution in [0.4, 0.5) is 20.2 Å². The fourth-order valence-electron chi connectivity index (χ4n) is 1.55. The Morgan fingerprint density at radius 1 is 0.955 bits per heavy atom. The third kappa shape index (κ3) is 5.19. The highest BCUT2D eigenvalue weighted by atomic mass is 127. The van der Waals surface area contributed by atoms with Gasteiger partial charge in [0.25, 0.3) is 0 Å². The largest absolute Gasteiger partial charge is 0.399 e. The van der Waals surface area contributed by atoms with Gasteiger partial charge in [-0.25, -0.2) is 8.78 Å². The van der Waals surface area contributed by atoms with Gasteiger partial charge in [-0.3, -0.25) is 0 Å². The molecule has 0 saturated heterocycles. The molecular formula is C17H15F2IN2. The number of hydrogen-bond acceptors (Lipinski definition) is 2. The average Bonchev–Trinajstić information content (AvgIpc) is 3.27. The van der Waals surface area contributed by atoms with Crippen LogP contribution in [0.1, 0.15) is 18.4 Å². The summed E-state index contributed by atoms with van der Waals surface area (Å²) in [4.78, 5) is 0. The number of benzene rings is 2. The van der Waals surface area contributed by atoms with E-state index in [4.69, 9.17) is 11.5 Å². The molecule has 0 unspecified atom stereocenters. The summed E-state index contributed by atoms with van der Waals surface area (Å²) in [5.74, 6) is 5.74. The molecule has 3 rings (SSSR count). The van der Waals surface area contributed by atoms with Crippen LogP contribution in [0.2, 0.25) is 0 Å². The Morgan fingerprint density at radius 3 is 2.05 bits per heavy atom. The van der Waals surface area contributed by atoms with Crippen LogP contribution in [0.15, 0.2) is 36.4 Å². The zero-order valence-corrected chi connectivity index (χ0v) is 13.9. The molecule has 1 aliphatic carbocycles. The third-order valence-corrected chi connectivity index (χ3v) is 3.80. The Labute approximate surface area is 142 Å². The van der Waals surface area contributed by atoms with Crippen LogP contribution in [-0.4, -0.2) is 0 Å². The smallest absolute Gasteiger partial charge is 0.140 e. The molecule has 0 aliphatic heterocycles. The zero-order chi connectivity index (χ0) is 16.1. The Hall–Kier alpha value is -1.81. The summed E-state index contributed by atoms with van der Waals surface area (Å²) >= 11 is 1.91. The van der Waals surface area contributed by atoms with Gasteiger partial charge in [-0.1, -0.05) is 11.8 Å². The average molecular weight is 412 g/mol. The van der Waals surface area contributed by atoms with E-state index >= 15 is 0 Å². The van der Waals surface area contributed by atoms with Gasteiger partial charge in [0.2, 0.25) is 0 Å². The van der Waals surface area contributed by atoms with Crippen molar-refractivity contribution in [1.29, 1.82) is 0 Å². The molecule has 114 valence electrons. The first-order chi connectivity index (χ1) is 10.5. The molecule has 2 aromatic rings. The van der Waals surface area contributed by atoms with Gasteiger partial charge in [0.1, 0.15) is 11.6 Å². The lowest BCUT2D eigenvalue weighted by molar-refractivity contribution is 0.621. The van der Waals surface area contributed by atoms with Crippen LogP contribution in [0.25, 0.3) is 0 Å². The first-order valence-electron chi connectivity index (χ1n) is 6.73. The van der Waals surface area contributed by atoms with Crippen LogP contribution >= 0.6 is 22.6 Å². The van der Waals surface area contributed by atoms with Gasteiger partial charge in [-0.05, 0) is 71.8 Å². The first kappa shape index (κ1) is 16.6. The SMILES string of the molecule is Nc1ccc(C#CC2CC2)c(F)c1.Nc1ccc(I)c(F)c1. The highest BCUT2D eigenvalue weighted by Gasteiger charge is 2.17. The Kier molecular flexibility index (Phi) is 5.61. The molecule has 1 fully saturated rings. The molecule has 0 aromatic heterocycles. The number of halogens is 3. The van der Waals surface area contributed by atoms with Crippen molar-refractivity contribution in [3.8, 4) is 11.8 Å². The lowest BCUT2D eigenvalue weighted by atomic mass is 10.2. The summed E-state index contributed by atoms with van der Waals surface area (Å²) in [6.07, 6.45) is 2.31. The van der Waals surface area contributed by atoms with Gasteiger partial charge >= 0.3 is 0 Å². The molecule has 0 bridgehead atoms. The first-order valence-corrected chi connectivity index (χ1v) is 7.80. The predicted molar refractivity (Wildman–Crippen MR) is 93.9 cm³/mol. The Bertz CT molecular complexity index is 731. The lowest BCUT2D eigenvalue weighted by Crippen LogP contribution is -1.88. The molecule has 0 radical (unpaired) electrons. The number of rotatable bonds is 0. The van der Waals surface area contributed by atoms with Crippen molar-refractivity contribution in [2.24, 2.45) is 5.92 Å². The molecule has 0 spiro atoms. The van der Waals surface area contributed by atoms with E-state index in [-0.39, 0.29) is 11.6 Å². The molecule has 0 amide bonds. The maximum Gasteiger partial charge on any atom is 0.140 e. The molecule has 1 aliphatic rings. The summed E-state index contributed by atoms with van der Waals surface area (Å²) in [6, 6.07) is 9.22. The monoisotopic (exact) mass is 412 g/mol. The number of nitrogens with two attached hydrogens (primary N) is 2. The standard InChI is InChI=1S/C11H10FN.C6H5FIN/c12-11-7-10(13)6-5-9(11)4-3-8-1-2-8;7-5-3-4(9)1-2-6(5)8/h5-8H,1-2,13H2;1-3H,9H2. The fourth-order valence-corrected chi connectivity index (χ4v) is 1.89. The third-order valence-electron chi connectivity index (χ3n) is 2.93. The van der Waals surface area contributed by atoms with Gasteiger partial charge in [0, 0.05) is 20.9 Å². The van der Waals surface area contributed by atoms with Crippen molar-refractivity contribution >= 4 is 34.0 Å². The van der Waals surface area contributed by atoms with Crippen LogP contribution in [0.5, 0.6) is 0 Å². The van der Waals surface area contributed by atoms with E-state index in [1.54, 1.807) is 24.3 Å². The van der Waals surface area contributed by atoms with Crippen LogP contribution < -0.4 is 11.5 Å². The van der Waals surface area contributed by atoms with Crippen molar-refractivity contribution in [2.75, 3.05) is 11.5 Å². The summed E-state index contributed by atoms with van der Waals surface area (Å²) in [5.41, 5.74) is 12.0. The topological polar surface area (TPSA) is 52.0 Å². The van der Waals surface area contributed by atoms with Gasteiger partial charge in [0.15, 0.2) is 0 Å². The quantitative estimate of drug-likeness (QED) is 0.388. The summed E-state index contributed by atoms with van der Waals surface area (Å²) in [6.45, 7) is 0. The maximum absolute atomic E-state index is 13.1. The van der Waals surface area contributed by atoms with Gasteiger partial charge < -0.3 is 11.5 Å². The summed E-state index contributed by atoms with van der Waals surface area (Å²) < 4.78 is 26.2.